The monoisotopic (exact) mass is 285 g/mol. The number of carbonyl (C=O) groups excluding carboxylic acids is 1. The van der Waals surface area contributed by atoms with Crippen molar-refractivity contribution < 1.29 is 9.53 Å². The molecule has 118 valence electrons. The second-order valence-electron chi connectivity index (χ2n) is 6.66. The fourth-order valence-corrected chi connectivity index (χ4v) is 2.49. The summed E-state index contributed by atoms with van der Waals surface area (Å²) in [4.78, 5) is 16.3. The molecular formula is C15H31N3O2. The summed E-state index contributed by atoms with van der Waals surface area (Å²) in [7, 11) is 1.85. The molecule has 1 fully saturated rings. The number of hydrogen-bond acceptors (Lipinski definition) is 4. The number of rotatable bonds is 5. The van der Waals surface area contributed by atoms with E-state index in [2.05, 4.69) is 4.90 Å². The van der Waals surface area contributed by atoms with Crippen molar-refractivity contribution in [2.24, 2.45) is 5.73 Å². The van der Waals surface area contributed by atoms with Crippen molar-refractivity contribution in [1.82, 2.24) is 9.80 Å². The fraction of sp³-hybridized carbons (Fsp3) is 0.933. The van der Waals surface area contributed by atoms with Gasteiger partial charge in [0.2, 0.25) is 0 Å². The number of hydrogen-bond donors (Lipinski definition) is 1. The van der Waals surface area contributed by atoms with Crippen LogP contribution in [0, 0.1) is 0 Å². The SMILES string of the molecule is CN(C(=O)OC(C)(C)C)C1CCN(CCCCN)CC1. The Hall–Kier alpha value is -0.810. The zero-order chi connectivity index (χ0) is 15.2. The summed E-state index contributed by atoms with van der Waals surface area (Å²) >= 11 is 0. The summed E-state index contributed by atoms with van der Waals surface area (Å²) in [5.41, 5.74) is 5.09. The standard InChI is InChI=1S/C15H31N3O2/c1-15(2,3)20-14(19)17(4)13-7-11-18(12-8-13)10-6-5-9-16/h13H,5-12,16H2,1-4H3. The lowest BCUT2D eigenvalue weighted by Gasteiger charge is -2.37. The van der Waals surface area contributed by atoms with Gasteiger partial charge in [0, 0.05) is 26.2 Å². The molecule has 1 rings (SSSR count). The van der Waals surface area contributed by atoms with Gasteiger partial charge < -0.3 is 20.3 Å². The highest BCUT2D eigenvalue weighted by molar-refractivity contribution is 5.68. The van der Waals surface area contributed by atoms with Gasteiger partial charge in [0.05, 0.1) is 0 Å². The molecule has 5 nitrogen and oxygen atoms in total. The van der Waals surface area contributed by atoms with E-state index >= 15 is 0 Å². The first-order chi connectivity index (χ1) is 9.33. The molecule has 0 saturated carbocycles. The Balaban J connectivity index is 2.31. The molecule has 20 heavy (non-hydrogen) atoms. The molecule has 0 unspecified atom stereocenters. The normalized spacial score (nSPS) is 18.1. The van der Waals surface area contributed by atoms with Crippen molar-refractivity contribution in [2.45, 2.75) is 58.1 Å². The largest absolute Gasteiger partial charge is 0.444 e. The van der Waals surface area contributed by atoms with Crippen LogP contribution in [0.4, 0.5) is 4.79 Å². The minimum Gasteiger partial charge on any atom is -0.444 e. The summed E-state index contributed by atoms with van der Waals surface area (Å²) in [6, 6.07) is 0.301. The topological polar surface area (TPSA) is 58.8 Å². The molecule has 1 saturated heterocycles. The average Bonchev–Trinajstić information content (AvgIpc) is 2.37. The van der Waals surface area contributed by atoms with Gasteiger partial charge in [-0.2, -0.15) is 0 Å². The van der Waals surface area contributed by atoms with Gasteiger partial charge in [0.15, 0.2) is 0 Å². The maximum absolute atomic E-state index is 12.0. The quantitative estimate of drug-likeness (QED) is 0.786. The van der Waals surface area contributed by atoms with Gasteiger partial charge in [0.1, 0.15) is 5.60 Å². The van der Waals surface area contributed by atoms with Crippen LogP contribution in [0.5, 0.6) is 0 Å². The van der Waals surface area contributed by atoms with Crippen LogP contribution in [0.1, 0.15) is 46.5 Å². The Kier molecular flexibility index (Phi) is 6.76. The molecule has 0 aromatic rings. The summed E-state index contributed by atoms with van der Waals surface area (Å²) < 4.78 is 5.42. The Labute approximate surface area is 123 Å². The highest BCUT2D eigenvalue weighted by atomic mass is 16.6. The van der Waals surface area contributed by atoms with E-state index in [1.165, 1.54) is 6.42 Å². The first kappa shape index (κ1) is 17.2. The molecule has 0 aromatic carbocycles. The van der Waals surface area contributed by atoms with Crippen molar-refractivity contribution in [2.75, 3.05) is 33.2 Å². The van der Waals surface area contributed by atoms with Crippen LogP contribution in [0.25, 0.3) is 0 Å². The molecule has 0 radical (unpaired) electrons. The summed E-state index contributed by atoms with van der Waals surface area (Å²) in [5, 5.41) is 0. The molecule has 1 heterocycles. The Morgan fingerprint density at radius 1 is 1.30 bits per heavy atom. The lowest BCUT2D eigenvalue weighted by molar-refractivity contribution is 0.0152. The summed E-state index contributed by atoms with van der Waals surface area (Å²) in [6.45, 7) is 9.72. The highest BCUT2D eigenvalue weighted by Gasteiger charge is 2.28. The van der Waals surface area contributed by atoms with E-state index in [1.807, 2.05) is 27.8 Å². The number of likely N-dealkylation sites (tertiary alicyclic amines) is 1. The van der Waals surface area contributed by atoms with Crippen LogP contribution in [0.2, 0.25) is 0 Å². The first-order valence-electron chi connectivity index (χ1n) is 7.71. The third-order valence-corrected chi connectivity index (χ3v) is 3.71. The van der Waals surface area contributed by atoms with Crippen molar-refractivity contribution in [3.63, 3.8) is 0 Å². The first-order valence-corrected chi connectivity index (χ1v) is 7.71. The van der Waals surface area contributed by atoms with Crippen LogP contribution in [0.15, 0.2) is 0 Å². The molecule has 0 atom stereocenters. The second kappa shape index (κ2) is 7.84. The van der Waals surface area contributed by atoms with Gasteiger partial charge in [0.25, 0.3) is 0 Å². The molecule has 5 heteroatoms. The van der Waals surface area contributed by atoms with Crippen molar-refractivity contribution in [3.8, 4) is 0 Å². The van der Waals surface area contributed by atoms with Crippen molar-refractivity contribution >= 4 is 6.09 Å². The molecule has 0 spiro atoms. The predicted molar refractivity (Wildman–Crippen MR) is 81.7 cm³/mol. The van der Waals surface area contributed by atoms with Crippen LogP contribution in [-0.4, -0.2) is 60.8 Å². The number of ether oxygens (including phenoxy) is 1. The van der Waals surface area contributed by atoms with Gasteiger partial charge in [-0.05, 0) is 59.5 Å². The Morgan fingerprint density at radius 2 is 1.90 bits per heavy atom. The lowest BCUT2D eigenvalue weighted by Crippen LogP contribution is -2.47. The van der Waals surface area contributed by atoms with Crippen LogP contribution in [0.3, 0.4) is 0 Å². The molecular weight excluding hydrogens is 254 g/mol. The number of nitrogens with zero attached hydrogens (tertiary/aromatic N) is 2. The van der Waals surface area contributed by atoms with E-state index in [0.717, 1.165) is 45.4 Å². The van der Waals surface area contributed by atoms with E-state index in [-0.39, 0.29) is 6.09 Å². The number of unbranched alkanes of at least 4 members (excludes halogenated alkanes) is 1. The lowest BCUT2D eigenvalue weighted by atomic mass is 10.0. The van der Waals surface area contributed by atoms with Gasteiger partial charge in [-0.3, -0.25) is 0 Å². The fourth-order valence-electron chi connectivity index (χ4n) is 2.49. The molecule has 1 amide bonds. The Morgan fingerprint density at radius 3 is 2.40 bits per heavy atom. The maximum Gasteiger partial charge on any atom is 0.410 e. The van der Waals surface area contributed by atoms with E-state index in [4.69, 9.17) is 10.5 Å². The van der Waals surface area contributed by atoms with E-state index in [0.29, 0.717) is 6.04 Å². The van der Waals surface area contributed by atoms with Gasteiger partial charge >= 0.3 is 6.09 Å². The van der Waals surface area contributed by atoms with Crippen molar-refractivity contribution in [3.05, 3.63) is 0 Å². The third kappa shape index (κ3) is 6.09. The van der Waals surface area contributed by atoms with Crippen LogP contribution < -0.4 is 5.73 Å². The van der Waals surface area contributed by atoms with E-state index in [9.17, 15) is 4.79 Å². The van der Waals surface area contributed by atoms with Gasteiger partial charge in [-0.15, -0.1) is 0 Å². The predicted octanol–water partition coefficient (Wildman–Crippen LogP) is 2.06. The van der Waals surface area contributed by atoms with Crippen molar-refractivity contribution in [1.29, 1.82) is 0 Å². The third-order valence-electron chi connectivity index (χ3n) is 3.71. The maximum atomic E-state index is 12.0. The smallest absolute Gasteiger partial charge is 0.410 e. The molecule has 1 aliphatic heterocycles. The molecule has 0 bridgehead atoms. The van der Waals surface area contributed by atoms with Crippen LogP contribution in [-0.2, 0) is 4.74 Å². The number of nitrogens with two attached hydrogens (primary N) is 1. The van der Waals surface area contributed by atoms with E-state index in [1.54, 1.807) is 4.90 Å². The molecule has 0 aliphatic carbocycles. The van der Waals surface area contributed by atoms with Gasteiger partial charge in [-0.25, -0.2) is 4.79 Å². The minimum atomic E-state index is -0.422. The number of carbonyl (C=O) groups is 1. The Bertz CT molecular complexity index is 294. The number of amides is 1. The molecule has 2 N–H and O–H groups in total. The molecule has 0 aromatic heterocycles. The molecule has 1 aliphatic rings. The van der Waals surface area contributed by atoms with Gasteiger partial charge in [-0.1, -0.05) is 0 Å². The van der Waals surface area contributed by atoms with E-state index < -0.39 is 5.60 Å². The number of piperidine rings is 1. The summed E-state index contributed by atoms with van der Waals surface area (Å²) in [5.74, 6) is 0. The average molecular weight is 285 g/mol. The zero-order valence-electron chi connectivity index (χ0n) is 13.5. The summed E-state index contributed by atoms with van der Waals surface area (Å²) in [6.07, 6.45) is 4.11. The minimum absolute atomic E-state index is 0.209. The highest BCUT2D eigenvalue weighted by Crippen LogP contribution is 2.18. The second-order valence-corrected chi connectivity index (χ2v) is 6.66. The van der Waals surface area contributed by atoms with Crippen LogP contribution >= 0.6 is 0 Å². The zero-order valence-corrected chi connectivity index (χ0v) is 13.5.